The highest BCUT2D eigenvalue weighted by atomic mass is 32.2. The largest absolute Gasteiger partial charge is 0.341 e. The highest BCUT2D eigenvalue weighted by Crippen LogP contribution is 2.36. The molecule has 2 atom stereocenters. The van der Waals surface area contributed by atoms with Crippen LogP contribution in [0.3, 0.4) is 0 Å². The number of carbonyl (C=O) groups is 1. The smallest absolute Gasteiger partial charge is 0.252 e. The van der Waals surface area contributed by atoms with Gasteiger partial charge in [-0.1, -0.05) is 18.2 Å². The van der Waals surface area contributed by atoms with E-state index in [-0.39, 0.29) is 17.9 Å². The van der Waals surface area contributed by atoms with Crippen LogP contribution in [0.1, 0.15) is 19.8 Å². The fourth-order valence-electron chi connectivity index (χ4n) is 3.79. The van der Waals surface area contributed by atoms with E-state index >= 15 is 0 Å². The summed E-state index contributed by atoms with van der Waals surface area (Å²) >= 11 is 1.33. The van der Waals surface area contributed by atoms with Crippen LogP contribution in [-0.2, 0) is 14.8 Å². The summed E-state index contributed by atoms with van der Waals surface area (Å²) in [7, 11) is -3.51. The Bertz CT molecular complexity index is 857. The first kappa shape index (κ1) is 16.1. The van der Waals surface area contributed by atoms with Crippen LogP contribution in [0.4, 0.5) is 0 Å². The average Bonchev–Trinajstić information content (AvgIpc) is 2.78. The summed E-state index contributed by atoms with van der Waals surface area (Å²) in [5, 5.41) is 0.964. The molecular weight excluding hydrogens is 344 g/mol. The van der Waals surface area contributed by atoms with Crippen molar-refractivity contribution in [3.8, 4) is 0 Å². The lowest BCUT2D eigenvalue weighted by Crippen LogP contribution is -2.47. The van der Waals surface area contributed by atoms with Crippen molar-refractivity contribution >= 4 is 37.4 Å². The molecule has 1 amide bonds. The number of hydrogen-bond donors (Lipinski definition) is 0. The van der Waals surface area contributed by atoms with Gasteiger partial charge in [-0.15, -0.1) is 11.3 Å². The summed E-state index contributed by atoms with van der Waals surface area (Å²) in [6.07, 6.45) is 1.82. The normalized spacial score (nSPS) is 25.1. The molecule has 5 nitrogen and oxygen atoms in total. The van der Waals surface area contributed by atoms with E-state index in [0.29, 0.717) is 23.8 Å². The highest BCUT2D eigenvalue weighted by molar-refractivity contribution is 7.91. The Kier molecular flexibility index (Phi) is 3.89. The van der Waals surface area contributed by atoms with E-state index in [1.165, 1.54) is 11.3 Å². The summed E-state index contributed by atoms with van der Waals surface area (Å²) in [5.74, 6) is 0.268. The van der Waals surface area contributed by atoms with E-state index < -0.39 is 10.0 Å². The minimum atomic E-state index is -3.51. The van der Waals surface area contributed by atoms with Gasteiger partial charge in [0.1, 0.15) is 4.21 Å². The van der Waals surface area contributed by atoms with Crippen LogP contribution in [0.2, 0.25) is 0 Å². The van der Waals surface area contributed by atoms with Crippen LogP contribution in [0.5, 0.6) is 0 Å². The Morgan fingerprint density at radius 1 is 1.17 bits per heavy atom. The lowest BCUT2D eigenvalue weighted by Gasteiger charge is -2.34. The topological polar surface area (TPSA) is 57.7 Å². The number of benzene rings is 1. The lowest BCUT2D eigenvalue weighted by molar-refractivity contribution is -0.129. The summed E-state index contributed by atoms with van der Waals surface area (Å²) in [6, 6.07) is 9.40. The van der Waals surface area contributed by atoms with E-state index in [1.807, 2.05) is 29.2 Å². The summed E-state index contributed by atoms with van der Waals surface area (Å²) in [6.45, 7) is 3.26. The lowest BCUT2D eigenvalue weighted by atomic mass is 9.97. The summed E-state index contributed by atoms with van der Waals surface area (Å²) in [4.78, 5) is 13.6. The molecule has 1 aromatic heterocycles. The van der Waals surface area contributed by atoms with E-state index in [9.17, 15) is 13.2 Å². The maximum atomic E-state index is 13.2. The molecule has 128 valence electrons. The second kappa shape index (κ2) is 5.82. The van der Waals surface area contributed by atoms with Crippen LogP contribution < -0.4 is 0 Å². The van der Waals surface area contributed by atoms with E-state index in [2.05, 4.69) is 0 Å². The number of thiophene rings is 1. The summed E-state index contributed by atoms with van der Waals surface area (Å²) in [5.41, 5.74) is 0. The molecule has 5 rings (SSSR count). The van der Waals surface area contributed by atoms with Gasteiger partial charge in [-0.2, -0.15) is 4.31 Å². The second-order valence-corrected chi connectivity index (χ2v) is 9.90. The Balaban J connectivity index is 1.70. The molecule has 0 radical (unpaired) electrons. The van der Waals surface area contributed by atoms with Crippen molar-refractivity contribution in [2.24, 2.45) is 5.92 Å². The maximum absolute atomic E-state index is 13.2. The van der Waals surface area contributed by atoms with Gasteiger partial charge in [0, 0.05) is 37.3 Å². The number of carbonyl (C=O) groups excluding carboxylic acids is 1. The number of nitrogens with zero attached hydrogens (tertiary/aromatic N) is 2. The van der Waals surface area contributed by atoms with E-state index in [0.717, 1.165) is 22.9 Å². The molecule has 4 heterocycles. The molecule has 3 aliphatic rings. The Labute approximate surface area is 145 Å². The third-order valence-corrected chi connectivity index (χ3v) is 8.56. The number of fused-ring (bicyclic) bond motifs is 5. The van der Waals surface area contributed by atoms with Gasteiger partial charge in [-0.25, -0.2) is 8.42 Å². The van der Waals surface area contributed by atoms with Crippen molar-refractivity contribution in [1.82, 2.24) is 9.21 Å². The molecule has 3 aliphatic heterocycles. The Morgan fingerprint density at radius 3 is 2.71 bits per heavy atom. The molecule has 2 bridgehead atoms. The molecule has 0 spiro atoms. The van der Waals surface area contributed by atoms with Crippen molar-refractivity contribution in [1.29, 1.82) is 0 Å². The fourth-order valence-corrected chi connectivity index (χ4v) is 7.04. The van der Waals surface area contributed by atoms with Gasteiger partial charge in [-0.05, 0) is 36.3 Å². The monoisotopic (exact) mass is 364 g/mol. The molecule has 2 aromatic rings. The predicted molar refractivity (Wildman–Crippen MR) is 94.5 cm³/mol. The Hall–Kier alpha value is -1.44. The van der Waals surface area contributed by atoms with E-state index in [1.54, 1.807) is 17.3 Å². The molecule has 0 saturated carbocycles. The predicted octanol–water partition coefficient (Wildman–Crippen LogP) is 2.53. The van der Waals surface area contributed by atoms with Crippen LogP contribution in [0.15, 0.2) is 34.5 Å². The van der Waals surface area contributed by atoms with Crippen LogP contribution >= 0.6 is 11.3 Å². The number of piperidine rings is 1. The minimum Gasteiger partial charge on any atom is -0.341 e. The molecular formula is C17H20N2O3S2. The number of rotatable bonds is 2. The highest BCUT2D eigenvalue weighted by Gasteiger charge is 2.42. The molecule has 24 heavy (non-hydrogen) atoms. The van der Waals surface area contributed by atoms with Gasteiger partial charge in [0.2, 0.25) is 5.91 Å². The third-order valence-electron chi connectivity index (χ3n) is 5.07. The van der Waals surface area contributed by atoms with Gasteiger partial charge in [0.25, 0.3) is 10.0 Å². The van der Waals surface area contributed by atoms with Crippen LogP contribution in [0, 0.1) is 5.92 Å². The first-order valence-corrected chi connectivity index (χ1v) is 10.5. The van der Waals surface area contributed by atoms with E-state index in [4.69, 9.17) is 0 Å². The second-order valence-electron chi connectivity index (χ2n) is 6.70. The molecule has 0 unspecified atom stereocenters. The van der Waals surface area contributed by atoms with Crippen molar-refractivity contribution in [2.75, 3.05) is 19.6 Å². The van der Waals surface area contributed by atoms with Crippen molar-refractivity contribution in [3.63, 3.8) is 0 Å². The number of amides is 1. The van der Waals surface area contributed by atoms with Crippen LogP contribution in [-0.4, -0.2) is 49.2 Å². The maximum Gasteiger partial charge on any atom is 0.252 e. The van der Waals surface area contributed by atoms with Crippen molar-refractivity contribution in [2.45, 2.75) is 30.0 Å². The zero-order valence-electron chi connectivity index (χ0n) is 13.5. The number of sulfonamides is 1. The van der Waals surface area contributed by atoms with Gasteiger partial charge in [0.05, 0.1) is 0 Å². The Morgan fingerprint density at radius 2 is 1.96 bits per heavy atom. The third kappa shape index (κ3) is 2.64. The van der Waals surface area contributed by atoms with Crippen LogP contribution in [0.25, 0.3) is 10.1 Å². The zero-order valence-corrected chi connectivity index (χ0v) is 15.1. The molecule has 0 aliphatic carbocycles. The minimum absolute atomic E-state index is 0.0352. The molecule has 7 heteroatoms. The number of hydrogen-bond acceptors (Lipinski definition) is 4. The standard InChI is InChI=1S/C17H20N2O3S2/c1-12(20)18-9-13-6-7-15(11-18)19(10-13)24(21,22)17-8-14-4-2-3-5-16(14)23-17/h2-5,8,13,15H,6-7,9-11H2,1H3/t13-,15+/m1/s1. The van der Waals surface area contributed by atoms with Gasteiger partial charge < -0.3 is 4.90 Å². The molecule has 3 saturated heterocycles. The fraction of sp³-hybridized carbons (Fsp3) is 0.471. The van der Waals surface area contributed by atoms with Gasteiger partial charge in [0.15, 0.2) is 0 Å². The van der Waals surface area contributed by atoms with Crippen molar-refractivity contribution in [3.05, 3.63) is 30.3 Å². The first-order chi connectivity index (χ1) is 11.4. The molecule has 1 aromatic carbocycles. The molecule has 0 N–H and O–H groups in total. The van der Waals surface area contributed by atoms with Gasteiger partial charge >= 0.3 is 0 Å². The summed E-state index contributed by atoms with van der Waals surface area (Å²) < 4.78 is 29.5. The zero-order chi connectivity index (χ0) is 16.9. The SMILES string of the molecule is CC(=O)N1C[C@H]2CC[C@@H](C1)N(S(=O)(=O)c1cc3ccccc3s1)C2. The van der Waals surface area contributed by atoms with Gasteiger partial charge in [-0.3, -0.25) is 4.79 Å². The quantitative estimate of drug-likeness (QED) is 0.823. The molecule has 3 fully saturated rings. The average molecular weight is 364 g/mol. The van der Waals surface area contributed by atoms with Crippen molar-refractivity contribution < 1.29 is 13.2 Å². The first-order valence-electron chi connectivity index (χ1n) is 8.21.